The van der Waals surface area contributed by atoms with E-state index in [9.17, 15) is 9.59 Å². The highest BCUT2D eigenvalue weighted by molar-refractivity contribution is 5.99. The molecule has 0 aliphatic heterocycles. The highest BCUT2D eigenvalue weighted by Gasteiger charge is 2.45. The second kappa shape index (κ2) is 8.98. The summed E-state index contributed by atoms with van der Waals surface area (Å²) in [5.74, 6) is -0.941. The highest BCUT2D eigenvalue weighted by Crippen LogP contribution is 2.30. The van der Waals surface area contributed by atoms with Crippen LogP contribution in [0.3, 0.4) is 0 Å². The quantitative estimate of drug-likeness (QED) is 0.397. The van der Waals surface area contributed by atoms with Gasteiger partial charge in [-0.15, -0.1) is 0 Å². The summed E-state index contributed by atoms with van der Waals surface area (Å²) in [6.45, 7) is 9.35. The summed E-state index contributed by atoms with van der Waals surface area (Å²) in [6.07, 6.45) is 0.0114. The Balaban J connectivity index is 2.73. The number of benzene rings is 1. The average Bonchev–Trinajstić information content (AvgIpc) is 2.54. The predicted molar refractivity (Wildman–Crippen MR) is 86.4 cm³/mol. The summed E-state index contributed by atoms with van der Waals surface area (Å²) in [5.41, 5.74) is -0.484. The fourth-order valence-corrected chi connectivity index (χ4v) is 2.01. The van der Waals surface area contributed by atoms with Crippen molar-refractivity contribution in [1.29, 1.82) is 0 Å². The van der Waals surface area contributed by atoms with E-state index in [0.29, 0.717) is 12.4 Å². The van der Waals surface area contributed by atoms with Crippen LogP contribution in [0.1, 0.15) is 32.8 Å². The molecule has 0 unspecified atom stereocenters. The molecule has 0 spiro atoms. The van der Waals surface area contributed by atoms with E-state index in [0.717, 1.165) is 5.56 Å². The molecular weight excluding hydrogens is 296 g/mol. The summed E-state index contributed by atoms with van der Waals surface area (Å²) >= 11 is 0. The standard InChI is InChI=1S/C18H24O5/c1-5-21-16(19)18(4,17(20)22-6-2)12-14(3)23-13-15-10-8-7-9-11-15/h7-11H,3,5-6,12-13H2,1-2,4H3. The van der Waals surface area contributed by atoms with Gasteiger partial charge in [-0.3, -0.25) is 9.59 Å². The van der Waals surface area contributed by atoms with Crippen LogP contribution in [0.4, 0.5) is 0 Å². The van der Waals surface area contributed by atoms with E-state index in [1.54, 1.807) is 13.8 Å². The third kappa shape index (κ3) is 5.43. The molecule has 0 saturated carbocycles. The van der Waals surface area contributed by atoms with Gasteiger partial charge in [-0.2, -0.15) is 0 Å². The van der Waals surface area contributed by atoms with Crippen molar-refractivity contribution in [3.8, 4) is 0 Å². The molecule has 0 saturated heterocycles. The van der Waals surface area contributed by atoms with Crippen LogP contribution in [0, 0.1) is 5.41 Å². The largest absolute Gasteiger partial charge is 0.494 e. The summed E-state index contributed by atoms with van der Waals surface area (Å²) in [7, 11) is 0. The minimum atomic E-state index is -1.46. The molecule has 23 heavy (non-hydrogen) atoms. The van der Waals surface area contributed by atoms with Gasteiger partial charge in [-0.1, -0.05) is 36.9 Å². The van der Waals surface area contributed by atoms with Crippen molar-refractivity contribution in [2.45, 2.75) is 33.8 Å². The Kier molecular flexibility index (Phi) is 7.32. The van der Waals surface area contributed by atoms with Crippen molar-refractivity contribution in [3.63, 3.8) is 0 Å². The number of carbonyl (C=O) groups is 2. The zero-order chi connectivity index (χ0) is 17.3. The first-order valence-electron chi connectivity index (χ1n) is 7.63. The van der Waals surface area contributed by atoms with Gasteiger partial charge in [0.25, 0.3) is 0 Å². The van der Waals surface area contributed by atoms with Crippen LogP contribution >= 0.6 is 0 Å². The third-order valence-electron chi connectivity index (χ3n) is 3.29. The van der Waals surface area contributed by atoms with E-state index in [-0.39, 0.29) is 19.6 Å². The Bertz CT molecular complexity index is 518. The minimum absolute atomic E-state index is 0.0114. The molecule has 0 amide bonds. The topological polar surface area (TPSA) is 61.8 Å². The van der Waals surface area contributed by atoms with Gasteiger partial charge in [0.2, 0.25) is 0 Å². The lowest BCUT2D eigenvalue weighted by molar-refractivity contribution is -0.171. The molecule has 0 bridgehead atoms. The lowest BCUT2D eigenvalue weighted by Crippen LogP contribution is -2.40. The van der Waals surface area contributed by atoms with Crippen molar-refractivity contribution in [2.75, 3.05) is 13.2 Å². The Labute approximate surface area is 137 Å². The van der Waals surface area contributed by atoms with E-state index in [4.69, 9.17) is 14.2 Å². The van der Waals surface area contributed by atoms with Crippen LogP contribution in [0.5, 0.6) is 0 Å². The first-order valence-corrected chi connectivity index (χ1v) is 7.63. The fourth-order valence-electron chi connectivity index (χ4n) is 2.01. The SMILES string of the molecule is C=C(CC(C)(C(=O)OCC)C(=O)OCC)OCc1ccccc1. The Morgan fingerprint density at radius 2 is 1.52 bits per heavy atom. The lowest BCUT2D eigenvalue weighted by atomic mass is 9.86. The predicted octanol–water partition coefficient (Wildman–Crippen LogP) is 3.24. The molecule has 1 aromatic rings. The highest BCUT2D eigenvalue weighted by atomic mass is 16.6. The summed E-state index contributed by atoms with van der Waals surface area (Å²) in [6, 6.07) is 9.56. The number of esters is 2. The van der Waals surface area contributed by atoms with Crippen LogP contribution in [0.2, 0.25) is 0 Å². The van der Waals surface area contributed by atoms with Crippen molar-refractivity contribution >= 4 is 11.9 Å². The van der Waals surface area contributed by atoms with Crippen LogP contribution in [0.15, 0.2) is 42.7 Å². The maximum absolute atomic E-state index is 12.2. The normalized spacial score (nSPS) is 10.7. The van der Waals surface area contributed by atoms with E-state index in [2.05, 4.69) is 6.58 Å². The van der Waals surface area contributed by atoms with Crippen molar-refractivity contribution in [2.24, 2.45) is 5.41 Å². The summed E-state index contributed by atoms with van der Waals surface area (Å²) in [5, 5.41) is 0. The zero-order valence-corrected chi connectivity index (χ0v) is 14.0. The van der Waals surface area contributed by atoms with Gasteiger partial charge in [0.05, 0.1) is 19.0 Å². The summed E-state index contributed by atoms with van der Waals surface area (Å²) < 4.78 is 15.6. The molecule has 0 fully saturated rings. The molecule has 5 heteroatoms. The first kappa shape index (κ1) is 18.7. The number of allylic oxidation sites excluding steroid dienone is 1. The molecule has 126 valence electrons. The monoisotopic (exact) mass is 320 g/mol. The summed E-state index contributed by atoms with van der Waals surface area (Å²) in [4.78, 5) is 24.3. The van der Waals surface area contributed by atoms with Crippen molar-refractivity contribution in [1.82, 2.24) is 0 Å². The zero-order valence-electron chi connectivity index (χ0n) is 14.0. The number of rotatable bonds is 9. The van der Waals surface area contributed by atoms with E-state index in [1.165, 1.54) is 6.92 Å². The van der Waals surface area contributed by atoms with Gasteiger partial charge in [0, 0.05) is 6.42 Å². The number of hydrogen-bond acceptors (Lipinski definition) is 5. The van der Waals surface area contributed by atoms with Crippen LogP contribution in [-0.4, -0.2) is 25.2 Å². The molecule has 0 N–H and O–H groups in total. The first-order chi connectivity index (χ1) is 10.9. The maximum Gasteiger partial charge on any atom is 0.323 e. The molecule has 0 atom stereocenters. The minimum Gasteiger partial charge on any atom is -0.494 e. The van der Waals surface area contributed by atoms with E-state index < -0.39 is 17.4 Å². The van der Waals surface area contributed by atoms with Crippen LogP contribution in [0.25, 0.3) is 0 Å². The third-order valence-corrected chi connectivity index (χ3v) is 3.29. The molecule has 0 aliphatic carbocycles. The second-order valence-corrected chi connectivity index (χ2v) is 5.26. The van der Waals surface area contributed by atoms with Crippen molar-refractivity contribution < 1.29 is 23.8 Å². The lowest BCUT2D eigenvalue weighted by Gasteiger charge is -2.25. The molecule has 0 heterocycles. The van der Waals surface area contributed by atoms with E-state index >= 15 is 0 Å². The van der Waals surface area contributed by atoms with Crippen molar-refractivity contribution in [3.05, 3.63) is 48.2 Å². The molecule has 0 aromatic heterocycles. The van der Waals surface area contributed by atoms with Gasteiger partial charge >= 0.3 is 11.9 Å². The maximum atomic E-state index is 12.2. The Hall–Kier alpha value is -2.30. The molecule has 1 aromatic carbocycles. The molecule has 0 aliphatic rings. The van der Waals surface area contributed by atoms with Crippen LogP contribution < -0.4 is 0 Å². The van der Waals surface area contributed by atoms with Crippen LogP contribution in [-0.2, 0) is 30.4 Å². The number of ether oxygens (including phenoxy) is 3. The second-order valence-electron chi connectivity index (χ2n) is 5.26. The Morgan fingerprint density at radius 1 is 1.00 bits per heavy atom. The van der Waals surface area contributed by atoms with Gasteiger partial charge in [0.15, 0.2) is 5.41 Å². The molecule has 5 nitrogen and oxygen atoms in total. The Morgan fingerprint density at radius 3 is 2.00 bits per heavy atom. The smallest absolute Gasteiger partial charge is 0.323 e. The van der Waals surface area contributed by atoms with E-state index in [1.807, 2.05) is 30.3 Å². The van der Waals surface area contributed by atoms with Gasteiger partial charge < -0.3 is 14.2 Å². The molecule has 1 rings (SSSR count). The van der Waals surface area contributed by atoms with Gasteiger partial charge in [-0.05, 0) is 26.3 Å². The average molecular weight is 320 g/mol. The van der Waals surface area contributed by atoms with Gasteiger partial charge in [-0.25, -0.2) is 0 Å². The molecule has 0 radical (unpaired) electrons. The molecular formula is C18H24O5. The fraction of sp³-hybridized carbons (Fsp3) is 0.444. The number of carbonyl (C=O) groups excluding carboxylic acids is 2. The number of hydrogen-bond donors (Lipinski definition) is 0. The van der Waals surface area contributed by atoms with Gasteiger partial charge in [0.1, 0.15) is 6.61 Å².